The maximum Gasteiger partial charge on any atom is 0.123 e. The minimum absolute atomic E-state index is 0.367. The van der Waals surface area contributed by atoms with Gasteiger partial charge in [-0.25, -0.2) is 0 Å². The number of aliphatic hydroxyl groups is 1. The quantitative estimate of drug-likeness (QED) is 0.899. The van der Waals surface area contributed by atoms with Gasteiger partial charge in [0.1, 0.15) is 18.0 Å². The van der Waals surface area contributed by atoms with Crippen LogP contribution < -0.4 is 10.1 Å². The third-order valence-electron chi connectivity index (χ3n) is 3.18. The SMILES string of the molecule is Cc1ccc(Br)cc1OCC1(O)CCNCC1. The lowest BCUT2D eigenvalue weighted by Gasteiger charge is -2.32. The van der Waals surface area contributed by atoms with Gasteiger partial charge in [-0.05, 0) is 50.6 Å². The summed E-state index contributed by atoms with van der Waals surface area (Å²) in [5, 5.41) is 13.6. The molecule has 2 N–H and O–H groups in total. The molecule has 94 valence electrons. The van der Waals surface area contributed by atoms with Crippen LogP contribution in [0.2, 0.25) is 0 Å². The second kappa shape index (κ2) is 5.38. The molecule has 1 aliphatic rings. The third-order valence-corrected chi connectivity index (χ3v) is 3.67. The zero-order chi connectivity index (χ0) is 12.3. The molecule has 3 nitrogen and oxygen atoms in total. The van der Waals surface area contributed by atoms with Gasteiger partial charge >= 0.3 is 0 Å². The molecule has 1 fully saturated rings. The second-order valence-electron chi connectivity index (χ2n) is 4.67. The zero-order valence-electron chi connectivity index (χ0n) is 10.0. The molecule has 0 unspecified atom stereocenters. The molecule has 0 atom stereocenters. The van der Waals surface area contributed by atoms with E-state index in [0.717, 1.165) is 41.7 Å². The first-order chi connectivity index (χ1) is 8.09. The topological polar surface area (TPSA) is 41.5 Å². The maximum absolute atomic E-state index is 10.3. The highest BCUT2D eigenvalue weighted by Crippen LogP contribution is 2.25. The van der Waals surface area contributed by atoms with Crippen LogP contribution in [0.5, 0.6) is 5.75 Å². The first kappa shape index (κ1) is 12.9. The van der Waals surface area contributed by atoms with Crippen LogP contribution in [0.1, 0.15) is 18.4 Å². The van der Waals surface area contributed by atoms with Crippen LogP contribution in [0.4, 0.5) is 0 Å². The molecule has 0 radical (unpaired) electrons. The fraction of sp³-hybridized carbons (Fsp3) is 0.538. The monoisotopic (exact) mass is 299 g/mol. The van der Waals surface area contributed by atoms with E-state index in [1.807, 2.05) is 25.1 Å². The second-order valence-corrected chi connectivity index (χ2v) is 5.59. The Morgan fingerprint density at radius 2 is 2.12 bits per heavy atom. The predicted molar refractivity (Wildman–Crippen MR) is 71.4 cm³/mol. The summed E-state index contributed by atoms with van der Waals surface area (Å²) in [6.07, 6.45) is 1.50. The lowest BCUT2D eigenvalue weighted by atomic mass is 9.93. The van der Waals surface area contributed by atoms with E-state index in [1.165, 1.54) is 0 Å². The van der Waals surface area contributed by atoms with Crippen LogP contribution in [0.3, 0.4) is 0 Å². The smallest absolute Gasteiger partial charge is 0.123 e. The molecule has 2 rings (SSSR count). The molecule has 1 heterocycles. The van der Waals surface area contributed by atoms with Crippen LogP contribution >= 0.6 is 15.9 Å². The summed E-state index contributed by atoms with van der Waals surface area (Å²) in [7, 11) is 0. The van der Waals surface area contributed by atoms with Gasteiger partial charge in [-0.2, -0.15) is 0 Å². The number of rotatable bonds is 3. The molecule has 4 heteroatoms. The van der Waals surface area contributed by atoms with Crippen molar-refractivity contribution >= 4 is 15.9 Å². The fourth-order valence-electron chi connectivity index (χ4n) is 1.98. The summed E-state index contributed by atoms with van der Waals surface area (Å²) in [6.45, 7) is 4.09. The first-order valence-electron chi connectivity index (χ1n) is 5.91. The van der Waals surface area contributed by atoms with Gasteiger partial charge in [0, 0.05) is 4.47 Å². The first-order valence-corrected chi connectivity index (χ1v) is 6.70. The Balaban J connectivity index is 1.99. The minimum Gasteiger partial charge on any atom is -0.490 e. The highest BCUT2D eigenvalue weighted by molar-refractivity contribution is 9.10. The standard InChI is InChI=1S/C13H18BrNO2/c1-10-2-3-11(14)8-12(10)17-9-13(16)4-6-15-7-5-13/h2-3,8,15-16H,4-7,9H2,1H3. The minimum atomic E-state index is -0.681. The largest absolute Gasteiger partial charge is 0.490 e. The van der Waals surface area contributed by atoms with E-state index in [1.54, 1.807) is 0 Å². The molecule has 0 aromatic heterocycles. The maximum atomic E-state index is 10.3. The van der Waals surface area contributed by atoms with Crippen molar-refractivity contribution in [1.29, 1.82) is 0 Å². The zero-order valence-corrected chi connectivity index (χ0v) is 11.6. The summed E-state index contributed by atoms with van der Waals surface area (Å²) in [6, 6.07) is 5.94. The van der Waals surface area contributed by atoms with Crippen molar-refractivity contribution < 1.29 is 9.84 Å². The molecule has 1 aromatic carbocycles. The van der Waals surface area contributed by atoms with Crippen LogP contribution in [0.15, 0.2) is 22.7 Å². The number of nitrogens with one attached hydrogen (secondary N) is 1. The van der Waals surface area contributed by atoms with E-state index in [0.29, 0.717) is 6.61 Å². The van der Waals surface area contributed by atoms with E-state index in [2.05, 4.69) is 21.2 Å². The van der Waals surface area contributed by atoms with E-state index in [9.17, 15) is 5.11 Å². The molecular weight excluding hydrogens is 282 g/mol. The number of halogens is 1. The Morgan fingerprint density at radius 3 is 2.82 bits per heavy atom. The van der Waals surface area contributed by atoms with E-state index >= 15 is 0 Å². The Morgan fingerprint density at radius 1 is 1.41 bits per heavy atom. The van der Waals surface area contributed by atoms with Crippen molar-refractivity contribution in [3.63, 3.8) is 0 Å². The third kappa shape index (κ3) is 3.44. The van der Waals surface area contributed by atoms with Gasteiger partial charge in [-0.3, -0.25) is 0 Å². The lowest BCUT2D eigenvalue weighted by Crippen LogP contribution is -2.46. The Hall–Kier alpha value is -0.580. The number of hydrogen-bond acceptors (Lipinski definition) is 3. The van der Waals surface area contributed by atoms with E-state index in [-0.39, 0.29) is 0 Å². The summed E-state index contributed by atoms with van der Waals surface area (Å²) in [4.78, 5) is 0. The number of piperidine rings is 1. The summed E-state index contributed by atoms with van der Waals surface area (Å²) in [5.41, 5.74) is 0.408. The number of hydrogen-bond donors (Lipinski definition) is 2. The molecule has 1 aliphatic heterocycles. The van der Waals surface area contributed by atoms with Gasteiger partial charge in [-0.15, -0.1) is 0 Å². The molecule has 0 aliphatic carbocycles. The van der Waals surface area contributed by atoms with Gasteiger partial charge in [-0.1, -0.05) is 22.0 Å². The molecule has 0 amide bonds. The lowest BCUT2D eigenvalue weighted by molar-refractivity contribution is -0.0287. The molecule has 17 heavy (non-hydrogen) atoms. The summed E-state index contributed by atoms with van der Waals surface area (Å²) < 4.78 is 6.75. The van der Waals surface area contributed by atoms with Gasteiger partial charge in [0.05, 0.1) is 0 Å². The normalized spacial score (nSPS) is 19.0. The number of aryl methyl sites for hydroxylation is 1. The highest BCUT2D eigenvalue weighted by Gasteiger charge is 2.30. The van der Waals surface area contributed by atoms with Crippen molar-refractivity contribution in [1.82, 2.24) is 5.32 Å². The predicted octanol–water partition coefficient (Wildman–Crippen LogP) is 2.25. The van der Waals surface area contributed by atoms with Gasteiger partial charge in [0.25, 0.3) is 0 Å². The number of ether oxygens (including phenoxy) is 1. The van der Waals surface area contributed by atoms with Crippen LogP contribution in [0.25, 0.3) is 0 Å². The van der Waals surface area contributed by atoms with Crippen molar-refractivity contribution in [3.05, 3.63) is 28.2 Å². The Labute approximate surface area is 110 Å². The summed E-state index contributed by atoms with van der Waals surface area (Å²) in [5.74, 6) is 0.839. The van der Waals surface area contributed by atoms with E-state index < -0.39 is 5.60 Å². The van der Waals surface area contributed by atoms with Crippen LogP contribution in [0, 0.1) is 6.92 Å². The Kier molecular flexibility index (Phi) is 4.07. The van der Waals surface area contributed by atoms with Gasteiger partial charge in [0.2, 0.25) is 0 Å². The summed E-state index contributed by atoms with van der Waals surface area (Å²) >= 11 is 3.42. The van der Waals surface area contributed by atoms with Crippen LogP contribution in [-0.4, -0.2) is 30.4 Å². The molecule has 0 spiro atoms. The average molecular weight is 300 g/mol. The number of benzene rings is 1. The van der Waals surface area contributed by atoms with E-state index in [4.69, 9.17) is 4.74 Å². The molecule has 0 saturated carbocycles. The van der Waals surface area contributed by atoms with Gasteiger partial charge in [0.15, 0.2) is 0 Å². The average Bonchev–Trinajstić information content (AvgIpc) is 2.31. The van der Waals surface area contributed by atoms with Crippen molar-refractivity contribution in [2.45, 2.75) is 25.4 Å². The van der Waals surface area contributed by atoms with Gasteiger partial charge < -0.3 is 15.2 Å². The van der Waals surface area contributed by atoms with Crippen LogP contribution in [-0.2, 0) is 0 Å². The molecule has 0 bridgehead atoms. The Bertz CT molecular complexity index is 389. The molecule has 1 aromatic rings. The highest BCUT2D eigenvalue weighted by atomic mass is 79.9. The fourth-order valence-corrected chi connectivity index (χ4v) is 2.32. The van der Waals surface area contributed by atoms with Crippen molar-refractivity contribution in [3.8, 4) is 5.75 Å². The molecular formula is C13H18BrNO2. The van der Waals surface area contributed by atoms with Crippen molar-refractivity contribution in [2.24, 2.45) is 0 Å². The molecule has 1 saturated heterocycles. The van der Waals surface area contributed by atoms with Crippen molar-refractivity contribution in [2.75, 3.05) is 19.7 Å².